The average molecular weight is 283 g/mol. The van der Waals surface area contributed by atoms with Gasteiger partial charge in [0.1, 0.15) is 11.6 Å². The topological polar surface area (TPSA) is 42.0 Å². The standard InChI is InChI=1S/C13H9ClF2N2O/c1-7-4-11(12(14)17-6-7)18-13(19)9-3-2-8(15)5-10(9)16/h2-6H,1H3,(H,18,19). The molecule has 1 heterocycles. The maximum absolute atomic E-state index is 13.4. The summed E-state index contributed by atoms with van der Waals surface area (Å²) in [5.74, 6) is -2.40. The van der Waals surface area contributed by atoms with Crippen LogP contribution in [0.3, 0.4) is 0 Å². The van der Waals surface area contributed by atoms with Crippen LogP contribution in [0.4, 0.5) is 14.5 Å². The Labute approximate surface area is 113 Å². The Morgan fingerprint density at radius 2 is 2.05 bits per heavy atom. The molecule has 0 aliphatic heterocycles. The number of anilines is 1. The molecule has 19 heavy (non-hydrogen) atoms. The summed E-state index contributed by atoms with van der Waals surface area (Å²) in [5, 5.41) is 2.53. The Kier molecular flexibility index (Phi) is 3.76. The molecule has 6 heteroatoms. The van der Waals surface area contributed by atoms with Gasteiger partial charge in [-0.2, -0.15) is 0 Å². The normalized spacial score (nSPS) is 10.3. The van der Waals surface area contributed by atoms with E-state index in [1.165, 1.54) is 6.20 Å². The summed E-state index contributed by atoms with van der Waals surface area (Å²) in [6.45, 7) is 1.78. The first-order valence-electron chi connectivity index (χ1n) is 5.36. The molecule has 0 aliphatic carbocycles. The fraction of sp³-hybridized carbons (Fsp3) is 0.0769. The number of amides is 1. The highest BCUT2D eigenvalue weighted by atomic mass is 35.5. The van der Waals surface area contributed by atoms with Gasteiger partial charge in [-0.25, -0.2) is 13.8 Å². The third kappa shape index (κ3) is 3.06. The van der Waals surface area contributed by atoms with E-state index in [-0.39, 0.29) is 16.4 Å². The molecular weight excluding hydrogens is 274 g/mol. The zero-order valence-electron chi connectivity index (χ0n) is 9.88. The van der Waals surface area contributed by atoms with Gasteiger partial charge in [-0.05, 0) is 30.7 Å². The van der Waals surface area contributed by atoms with Crippen LogP contribution in [-0.2, 0) is 0 Å². The van der Waals surface area contributed by atoms with Gasteiger partial charge >= 0.3 is 0 Å². The Morgan fingerprint density at radius 3 is 2.74 bits per heavy atom. The molecule has 0 fully saturated rings. The third-order valence-corrected chi connectivity index (χ3v) is 2.70. The first kappa shape index (κ1) is 13.4. The number of benzene rings is 1. The molecule has 2 rings (SSSR count). The second-order valence-corrected chi connectivity index (χ2v) is 4.29. The maximum atomic E-state index is 13.4. The fourth-order valence-electron chi connectivity index (χ4n) is 1.50. The minimum atomic E-state index is -0.936. The van der Waals surface area contributed by atoms with Crippen molar-refractivity contribution in [3.8, 4) is 0 Å². The smallest absolute Gasteiger partial charge is 0.258 e. The van der Waals surface area contributed by atoms with Crippen LogP contribution in [0.1, 0.15) is 15.9 Å². The van der Waals surface area contributed by atoms with Gasteiger partial charge < -0.3 is 5.32 Å². The van der Waals surface area contributed by atoms with E-state index in [1.807, 2.05) is 0 Å². The molecule has 3 nitrogen and oxygen atoms in total. The summed E-state index contributed by atoms with van der Waals surface area (Å²) < 4.78 is 26.2. The number of hydrogen-bond donors (Lipinski definition) is 1. The van der Waals surface area contributed by atoms with E-state index >= 15 is 0 Å². The molecule has 0 saturated heterocycles. The van der Waals surface area contributed by atoms with Gasteiger partial charge in [0, 0.05) is 12.3 Å². The molecule has 1 aromatic heterocycles. The molecule has 0 bridgehead atoms. The highest BCUT2D eigenvalue weighted by Crippen LogP contribution is 2.21. The molecule has 0 atom stereocenters. The van der Waals surface area contributed by atoms with Gasteiger partial charge in [-0.1, -0.05) is 11.6 Å². The summed E-state index contributed by atoms with van der Waals surface area (Å²) in [6, 6.07) is 4.32. The van der Waals surface area contributed by atoms with Gasteiger partial charge in [0.05, 0.1) is 11.3 Å². The van der Waals surface area contributed by atoms with Crippen molar-refractivity contribution in [2.75, 3.05) is 5.32 Å². The Morgan fingerprint density at radius 1 is 1.32 bits per heavy atom. The number of rotatable bonds is 2. The molecule has 0 radical (unpaired) electrons. The SMILES string of the molecule is Cc1cnc(Cl)c(NC(=O)c2ccc(F)cc2F)c1. The highest BCUT2D eigenvalue weighted by Gasteiger charge is 2.14. The van der Waals surface area contributed by atoms with Crippen molar-refractivity contribution in [2.24, 2.45) is 0 Å². The van der Waals surface area contributed by atoms with Crippen LogP contribution < -0.4 is 5.32 Å². The van der Waals surface area contributed by atoms with Crippen molar-refractivity contribution in [3.63, 3.8) is 0 Å². The largest absolute Gasteiger partial charge is 0.319 e. The molecule has 0 saturated carbocycles. The predicted molar refractivity (Wildman–Crippen MR) is 68.3 cm³/mol. The molecule has 1 N–H and O–H groups in total. The summed E-state index contributed by atoms with van der Waals surface area (Å²) in [4.78, 5) is 15.7. The number of carbonyl (C=O) groups excluding carboxylic acids is 1. The minimum absolute atomic E-state index is 0.0986. The fourth-order valence-corrected chi connectivity index (χ4v) is 1.65. The summed E-state index contributed by atoms with van der Waals surface area (Å²) >= 11 is 5.81. The van der Waals surface area contributed by atoms with Crippen LogP contribution in [0.25, 0.3) is 0 Å². The summed E-state index contributed by atoms with van der Waals surface area (Å²) in [5.41, 5.74) is 0.800. The van der Waals surface area contributed by atoms with E-state index in [1.54, 1.807) is 13.0 Å². The van der Waals surface area contributed by atoms with Crippen LogP contribution in [0.5, 0.6) is 0 Å². The number of halogens is 3. The van der Waals surface area contributed by atoms with E-state index in [0.717, 1.165) is 17.7 Å². The van der Waals surface area contributed by atoms with Crippen molar-refractivity contribution < 1.29 is 13.6 Å². The minimum Gasteiger partial charge on any atom is -0.319 e. The van der Waals surface area contributed by atoms with E-state index in [4.69, 9.17) is 11.6 Å². The number of hydrogen-bond acceptors (Lipinski definition) is 2. The van der Waals surface area contributed by atoms with Crippen molar-refractivity contribution in [1.82, 2.24) is 4.98 Å². The highest BCUT2D eigenvalue weighted by molar-refractivity contribution is 6.32. The van der Waals surface area contributed by atoms with E-state index < -0.39 is 17.5 Å². The molecule has 0 aliphatic rings. The second kappa shape index (κ2) is 5.32. The second-order valence-electron chi connectivity index (χ2n) is 3.93. The number of pyridine rings is 1. The molecule has 2 aromatic rings. The predicted octanol–water partition coefficient (Wildman–Crippen LogP) is 3.57. The van der Waals surface area contributed by atoms with Crippen LogP contribution in [0.15, 0.2) is 30.5 Å². The number of aromatic nitrogens is 1. The van der Waals surface area contributed by atoms with Crippen LogP contribution in [0.2, 0.25) is 5.15 Å². The first-order chi connectivity index (χ1) is 8.97. The Balaban J connectivity index is 2.28. The quantitative estimate of drug-likeness (QED) is 0.856. The molecule has 1 aromatic carbocycles. The van der Waals surface area contributed by atoms with Gasteiger partial charge in [0.25, 0.3) is 5.91 Å². The van der Waals surface area contributed by atoms with Crippen molar-refractivity contribution >= 4 is 23.2 Å². The third-order valence-electron chi connectivity index (χ3n) is 2.40. The molecule has 98 valence electrons. The number of nitrogens with one attached hydrogen (secondary N) is 1. The Hall–Kier alpha value is -2.01. The number of carbonyl (C=O) groups is 1. The van der Waals surface area contributed by atoms with E-state index in [9.17, 15) is 13.6 Å². The summed E-state index contributed by atoms with van der Waals surface area (Å²) in [6.07, 6.45) is 1.54. The lowest BCUT2D eigenvalue weighted by atomic mass is 10.2. The molecule has 0 spiro atoms. The monoisotopic (exact) mass is 282 g/mol. The first-order valence-corrected chi connectivity index (χ1v) is 5.73. The molecule has 0 unspecified atom stereocenters. The Bertz CT molecular complexity index is 647. The lowest BCUT2D eigenvalue weighted by molar-refractivity contribution is 0.102. The zero-order valence-corrected chi connectivity index (χ0v) is 10.6. The molecule has 1 amide bonds. The van der Waals surface area contributed by atoms with Crippen LogP contribution >= 0.6 is 11.6 Å². The van der Waals surface area contributed by atoms with Gasteiger partial charge in [-0.3, -0.25) is 4.79 Å². The van der Waals surface area contributed by atoms with Crippen molar-refractivity contribution in [3.05, 3.63) is 58.4 Å². The van der Waals surface area contributed by atoms with E-state index in [0.29, 0.717) is 6.07 Å². The van der Waals surface area contributed by atoms with Crippen molar-refractivity contribution in [2.45, 2.75) is 6.92 Å². The lowest BCUT2D eigenvalue weighted by Gasteiger charge is -2.08. The zero-order chi connectivity index (χ0) is 14.0. The maximum Gasteiger partial charge on any atom is 0.258 e. The van der Waals surface area contributed by atoms with Crippen LogP contribution in [-0.4, -0.2) is 10.9 Å². The summed E-state index contributed by atoms with van der Waals surface area (Å²) in [7, 11) is 0. The average Bonchev–Trinajstić information content (AvgIpc) is 2.33. The van der Waals surface area contributed by atoms with Crippen molar-refractivity contribution in [1.29, 1.82) is 0 Å². The molecular formula is C13H9ClF2N2O. The number of nitrogens with zero attached hydrogens (tertiary/aromatic N) is 1. The van der Waals surface area contributed by atoms with Crippen LogP contribution in [0, 0.1) is 18.6 Å². The number of aryl methyl sites for hydroxylation is 1. The van der Waals surface area contributed by atoms with Gasteiger partial charge in [0.2, 0.25) is 0 Å². The van der Waals surface area contributed by atoms with Gasteiger partial charge in [-0.15, -0.1) is 0 Å². The van der Waals surface area contributed by atoms with Gasteiger partial charge in [0.15, 0.2) is 5.15 Å². The lowest BCUT2D eigenvalue weighted by Crippen LogP contribution is -2.14. The van der Waals surface area contributed by atoms with E-state index in [2.05, 4.69) is 10.3 Å².